The van der Waals surface area contributed by atoms with Crippen LogP contribution in [-0.4, -0.2) is 15.9 Å². The average molecular weight is 346 g/mol. The molecule has 5 heteroatoms. The van der Waals surface area contributed by atoms with Gasteiger partial charge in [0.25, 0.3) is 5.91 Å². The Hall–Kier alpha value is -3.21. The van der Waals surface area contributed by atoms with Gasteiger partial charge < -0.3 is 10.6 Å². The second-order valence-corrected chi connectivity index (χ2v) is 6.38. The molecule has 0 aliphatic heterocycles. The molecule has 0 atom stereocenters. The molecule has 0 unspecified atom stereocenters. The molecule has 1 aromatic carbocycles. The number of benzene rings is 1. The first-order valence-electron chi connectivity index (χ1n) is 8.62. The van der Waals surface area contributed by atoms with Gasteiger partial charge in [-0.1, -0.05) is 32.0 Å². The second-order valence-electron chi connectivity index (χ2n) is 6.38. The number of aromatic nitrogens is 2. The number of nitrogens with one attached hydrogen (secondary N) is 2. The van der Waals surface area contributed by atoms with Crippen LogP contribution < -0.4 is 10.6 Å². The number of nitrogens with zero attached hydrogens (tertiary/aromatic N) is 2. The molecular weight excluding hydrogens is 324 g/mol. The van der Waals surface area contributed by atoms with Crippen LogP contribution in [0.4, 0.5) is 11.4 Å². The first kappa shape index (κ1) is 17.6. The van der Waals surface area contributed by atoms with Gasteiger partial charge in [0.15, 0.2) is 0 Å². The lowest BCUT2D eigenvalue weighted by molar-refractivity contribution is 0.102. The van der Waals surface area contributed by atoms with Gasteiger partial charge in [-0.25, -0.2) is 0 Å². The molecule has 1 amide bonds. The van der Waals surface area contributed by atoms with Crippen molar-refractivity contribution < 1.29 is 4.79 Å². The van der Waals surface area contributed by atoms with Crippen LogP contribution in [0.15, 0.2) is 67.1 Å². The van der Waals surface area contributed by atoms with Crippen LogP contribution in [0.2, 0.25) is 0 Å². The van der Waals surface area contributed by atoms with Gasteiger partial charge in [-0.05, 0) is 47.4 Å². The fourth-order valence-electron chi connectivity index (χ4n) is 2.52. The van der Waals surface area contributed by atoms with E-state index in [4.69, 9.17) is 0 Å². The molecule has 0 radical (unpaired) electrons. The Kier molecular flexibility index (Phi) is 5.59. The highest BCUT2D eigenvalue weighted by molar-refractivity contribution is 6.03. The lowest BCUT2D eigenvalue weighted by Crippen LogP contribution is -2.14. The Morgan fingerprint density at radius 1 is 1.04 bits per heavy atom. The molecule has 0 aliphatic rings. The van der Waals surface area contributed by atoms with Crippen LogP contribution in [0.5, 0.6) is 0 Å². The Morgan fingerprint density at radius 3 is 2.54 bits per heavy atom. The maximum absolute atomic E-state index is 12.4. The van der Waals surface area contributed by atoms with Crippen molar-refractivity contribution in [1.82, 2.24) is 9.97 Å². The molecule has 2 aromatic heterocycles. The summed E-state index contributed by atoms with van der Waals surface area (Å²) in [6.45, 7) is 4.92. The van der Waals surface area contributed by atoms with E-state index in [0.717, 1.165) is 16.9 Å². The van der Waals surface area contributed by atoms with E-state index in [0.29, 0.717) is 18.2 Å². The van der Waals surface area contributed by atoms with Crippen LogP contribution >= 0.6 is 0 Å². The molecule has 0 saturated carbocycles. The van der Waals surface area contributed by atoms with Crippen molar-refractivity contribution >= 4 is 17.3 Å². The molecule has 3 rings (SSSR count). The number of carbonyl (C=O) groups excluding carboxylic acids is 1. The molecule has 3 aromatic rings. The van der Waals surface area contributed by atoms with Crippen LogP contribution in [0.3, 0.4) is 0 Å². The predicted octanol–water partition coefficient (Wildman–Crippen LogP) is 4.46. The third kappa shape index (κ3) is 4.66. The molecule has 26 heavy (non-hydrogen) atoms. The van der Waals surface area contributed by atoms with Gasteiger partial charge in [0.05, 0.1) is 0 Å². The van der Waals surface area contributed by atoms with E-state index in [1.54, 1.807) is 18.5 Å². The van der Waals surface area contributed by atoms with Gasteiger partial charge in [-0.15, -0.1) is 0 Å². The number of hydrogen-bond acceptors (Lipinski definition) is 4. The summed E-state index contributed by atoms with van der Waals surface area (Å²) < 4.78 is 0. The number of amides is 1. The zero-order valence-corrected chi connectivity index (χ0v) is 14.9. The molecule has 2 N–H and O–H groups in total. The molecule has 0 bridgehead atoms. The van der Waals surface area contributed by atoms with Gasteiger partial charge in [0.1, 0.15) is 5.69 Å². The molecule has 132 valence electrons. The average Bonchev–Trinajstić information content (AvgIpc) is 2.68. The fourth-order valence-corrected chi connectivity index (χ4v) is 2.52. The molecule has 5 nitrogen and oxygen atoms in total. The number of hydrogen-bond donors (Lipinski definition) is 2. The van der Waals surface area contributed by atoms with Crippen molar-refractivity contribution in [2.75, 3.05) is 10.6 Å². The van der Waals surface area contributed by atoms with Crippen LogP contribution in [0.1, 0.15) is 41.4 Å². The highest BCUT2D eigenvalue weighted by atomic mass is 16.1. The zero-order chi connectivity index (χ0) is 18.4. The van der Waals surface area contributed by atoms with E-state index in [9.17, 15) is 4.79 Å². The summed E-state index contributed by atoms with van der Waals surface area (Å²) in [6.07, 6.45) is 5.18. The van der Waals surface area contributed by atoms with Crippen LogP contribution in [-0.2, 0) is 6.54 Å². The first-order valence-corrected chi connectivity index (χ1v) is 8.62. The smallest absolute Gasteiger partial charge is 0.274 e. The van der Waals surface area contributed by atoms with Crippen molar-refractivity contribution in [3.8, 4) is 0 Å². The second kappa shape index (κ2) is 8.25. The van der Waals surface area contributed by atoms with E-state index in [2.05, 4.69) is 34.4 Å². The van der Waals surface area contributed by atoms with E-state index in [-0.39, 0.29) is 5.91 Å². The number of rotatable bonds is 6. The third-order valence-electron chi connectivity index (χ3n) is 4.05. The van der Waals surface area contributed by atoms with Crippen molar-refractivity contribution in [1.29, 1.82) is 0 Å². The van der Waals surface area contributed by atoms with E-state index >= 15 is 0 Å². The highest BCUT2D eigenvalue weighted by Crippen LogP contribution is 2.18. The number of anilines is 2. The molecule has 0 spiro atoms. The van der Waals surface area contributed by atoms with Gasteiger partial charge in [0, 0.05) is 36.5 Å². The summed E-state index contributed by atoms with van der Waals surface area (Å²) in [7, 11) is 0. The number of carbonyl (C=O) groups is 1. The molecule has 0 saturated heterocycles. The highest BCUT2D eigenvalue weighted by Gasteiger charge is 2.09. The van der Waals surface area contributed by atoms with Gasteiger partial charge in [0.2, 0.25) is 0 Å². The summed E-state index contributed by atoms with van der Waals surface area (Å²) >= 11 is 0. The minimum Gasteiger partial charge on any atom is -0.381 e. The topological polar surface area (TPSA) is 66.9 Å². The zero-order valence-electron chi connectivity index (χ0n) is 14.9. The van der Waals surface area contributed by atoms with Crippen LogP contribution in [0.25, 0.3) is 0 Å². The van der Waals surface area contributed by atoms with Gasteiger partial charge in [-0.3, -0.25) is 14.8 Å². The third-order valence-corrected chi connectivity index (χ3v) is 4.05. The van der Waals surface area contributed by atoms with Crippen molar-refractivity contribution in [2.24, 2.45) is 0 Å². The Bertz CT molecular complexity index is 861. The SMILES string of the molecule is CC(C)c1ccc(NC(=O)c2cc(NCc3cccnc3)ccn2)cc1. The normalized spacial score (nSPS) is 10.6. The summed E-state index contributed by atoms with van der Waals surface area (Å²) in [6, 6.07) is 15.4. The van der Waals surface area contributed by atoms with E-state index < -0.39 is 0 Å². The van der Waals surface area contributed by atoms with Crippen molar-refractivity contribution in [3.05, 3.63) is 83.9 Å². The monoisotopic (exact) mass is 346 g/mol. The minimum atomic E-state index is -0.229. The summed E-state index contributed by atoms with van der Waals surface area (Å²) in [5.74, 6) is 0.233. The molecule has 0 aliphatic carbocycles. The Balaban J connectivity index is 1.64. The predicted molar refractivity (Wildman–Crippen MR) is 104 cm³/mol. The molecule has 2 heterocycles. The van der Waals surface area contributed by atoms with Gasteiger partial charge >= 0.3 is 0 Å². The largest absolute Gasteiger partial charge is 0.381 e. The summed E-state index contributed by atoms with van der Waals surface area (Å²) in [5, 5.41) is 6.17. The van der Waals surface area contributed by atoms with Gasteiger partial charge in [-0.2, -0.15) is 0 Å². The summed E-state index contributed by atoms with van der Waals surface area (Å²) in [4.78, 5) is 20.7. The van der Waals surface area contributed by atoms with E-state index in [1.165, 1.54) is 5.56 Å². The van der Waals surface area contributed by atoms with Crippen LogP contribution in [0, 0.1) is 0 Å². The molecule has 0 fully saturated rings. The fraction of sp³-hybridized carbons (Fsp3) is 0.190. The quantitative estimate of drug-likeness (QED) is 0.691. The Labute approximate surface area is 153 Å². The standard InChI is InChI=1S/C21H22N4O/c1-15(2)17-5-7-18(8-6-17)25-21(26)20-12-19(9-11-23-20)24-14-16-4-3-10-22-13-16/h3-13,15H,14H2,1-2H3,(H,23,24)(H,25,26). The number of pyridine rings is 2. The minimum absolute atomic E-state index is 0.229. The van der Waals surface area contributed by atoms with Crippen molar-refractivity contribution in [2.45, 2.75) is 26.3 Å². The first-order chi connectivity index (χ1) is 12.6. The van der Waals surface area contributed by atoms with E-state index in [1.807, 2.05) is 48.7 Å². The Morgan fingerprint density at radius 2 is 1.85 bits per heavy atom. The lowest BCUT2D eigenvalue weighted by atomic mass is 10.0. The molecular formula is C21H22N4O. The maximum Gasteiger partial charge on any atom is 0.274 e. The lowest BCUT2D eigenvalue weighted by Gasteiger charge is -2.10. The maximum atomic E-state index is 12.4. The van der Waals surface area contributed by atoms with Crippen molar-refractivity contribution in [3.63, 3.8) is 0 Å². The summed E-state index contributed by atoms with van der Waals surface area (Å²) in [5.41, 5.74) is 4.27.